The average Bonchev–Trinajstić information content (AvgIpc) is 2.35. The average molecular weight is 252 g/mol. The lowest BCUT2D eigenvalue weighted by atomic mass is 10.4. The Balaban J connectivity index is 2.53. The first-order valence-electron chi connectivity index (χ1n) is 5.11. The molecule has 0 aliphatic heterocycles. The molecule has 0 N–H and O–H groups in total. The first-order chi connectivity index (χ1) is 7.86. The Morgan fingerprint density at radius 3 is 2.69 bits per heavy atom. The fourth-order valence-corrected chi connectivity index (χ4v) is 2.36. The van der Waals surface area contributed by atoms with Gasteiger partial charge in [-0.25, -0.2) is 0 Å². The molecular weight excluding hydrogens is 236 g/mol. The lowest BCUT2D eigenvalue weighted by molar-refractivity contribution is 0.269. The van der Waals surface area contributed by atoms with E-state index in [1.54, 1.807) is 29.8 Å². The molecule has 0 aromatic heterocycles. The smallest absolute Gasteiger partial charge is 0.0845 e. The topological polar surface area (TPSA) is 9.23 Å². The van der Waals surface area contributed by atoms with Gasteiger partial charge in [-0.1, -0.05) is 30.0 Å². The van der Waals surface area contributed by atoms with E-state index in [1.165, 1.54) is 9.80 Å². The molecule has 0 unspecified atom stereocenters. The highest BCUT2D eigenvalue weighted by Gasteiger charge is 1.92. The van der Waals surface area contributed by atoms with Gasteiger partial charge in [-0.3, -0.25) is 0 Å². The minimum absolute atomic E-state index is 0.712. The van der Waals surface area contributed by atoms with Gasteiger partial charge in [-0.2, -0.15) is 0 Å². The van der Waals surface area contributed by atoms with Crippen LogP contribution >= 0.6 is 23.5 Å². The molecule has 1 aromatic rings. The van der Waals surface area contributed by atoms with Crippen molar-refractivity contribution in [1.82, 2.24) is 0 Å². The second-order valence-electron chi connectivity index (χ2n) is 2.91. The summed E-state index contributed by atoms with van der Waals surface area (Å²) >= 11 is 3.43. The third-order valence-electron chi connectivity index (χ3n) is 1.79. The number of thioether (sulfide) groups is 2. The van der Waals surface area contributed by atoms with E-state index in [-0.39, 0.29) is 0 Å². The minimum atomic E-state index is 0.712. The monoisotopic (exact) mass is 252 g/mol. The first-order valence-corrected chi connectivity index (χ1v) is 7.21. The van der Waals surface area contributed by atoms with E-state index in [4.69, 9.17) is 4.74 Å². The first kappa shape index (κ1) is 13.3. The van der Waals surface area contributed by atoms with Crippen molar-refractivity contribution in [2.24, 2.45) is 0 Å². The predicted octanol–water partition coefficient (Wildman–Crippen LogP) is 4.53. The second kappa shape index (κ2) is 8.36. The lowest BCUT2D eigenvalue weighted by Gasteiger charge is -1.99. The summed E-state index contributed by atoms with van der Waals surface area (Å²) in [5, 5.41) is 2.13. The molecule has 0 fully saturated rings. The molecule has 1 aromatic carbocycles. The second-order valence-corrected chi connectivity index (χ2v) is 4.74. The maximum atomic E-state index is 5.17. The maximum Gasteiger partial charge on any atom is 0.0845 e. The van der Waals surface area contributed by atoms with Crippen LogP contribution in [0.3, 0.4) is 0 Å². The summed E-state index contributed by atoms with van der Waals surface area (Å²) in [6.45, 7) is 2.69. The van der Waals surface area contributed by atoms with Crippen molar-refractivity contribution >= 4 is 23.5 Å². The Kier molecular flexibility index (Phi) is 6.93. The van der Waals surface area contributed by atoms with E-state index in [0.29, 0.717) is 6.61 Å². The normalized spacial score (nSPS) is 12.0. The van der Waals surface area contributed by atoms with E-state index in [0.717, 1.165) is 0 Å². The van der Waals surface area contributed by atoms with Gasteiger partial charge in [0.15, 0.2) is 0 Å². The summed E-state index contributed by atoms with van der Waals surface area (Å²) in [5.74, 6) is 0. The number of allylic oxidation sites excluding steroid dienone is 1. The number of hydrogen-bond donors (Lipinski definition) is 0. The quantitative estimate of drug-likeness (QED) is 0.418. The lowest BCUT2D eigenvalue weighted by Crippen LogP contribution is -1.77. The third-order valence-corrected chi connectivity index (χ3v) is 3.58. The van der Waals surface area contributed by atoms with Gasteiger partial charge >= 0.3 is 0 Å². The molecule has 16 heavy (non-hydrogen) atoms. The van der Waals surface area contributed by atoms with Crippen molar-refractivity contribution in [3.63, 3.8) is 0 Å². The Morgan fingerprint density at radius 1 is 1.31 bits per heavy atom. The highest BCUT2D eigenvalue weighted by atomic mass is 32.2. The molecule has 0 spiro atoms. The fourth-order valence-electron chi connectivity index (χ4n) is 0.992. The van der Waals surface area contributed by atoms with E-state index >= 15 is 0 Å². The van der Waals surface area contributed by atoms with E-state index in [2.05, 4.69) is 23.8 Å². The zero-order valence-corrected chi connectivity index (χ0v) is 11.2. The van der Waals surface area contributed by atoms with Crippen LogP contribution in [0.15, 0.2) is 57.9 Å². The van der Waals surface area contributed by atoms with E-state index in [9.17, 15) is 0 Å². The standard InChI is InChI=1S/C13H16OS2/c1-3-14-10-9-13(15-2)11-16-12-7-5-4-6-8-12/h4-11H,3H2,1-2H3/b10-9+,13-11-. The Morgan fingerprint density at radius 2 is 2.06 bits per heavy atom. The molecule has 0 atom stereocenters. The van der Waals surface area contributed by atoms with Gasteiger partial charge in [0.25, 0.3) is 0 Å². The predicted molar refractivity (Wildman–Crippen MR) is 74.7 cm³/mol. The maximum absolute atomic E-state index is 5.17. The van der Waals surface area contributed by atoms with Crippen LogP contribution in [-0.4, -0.2) is 12.9 Å². The van der Waals surface area contributed by atoms with Gasteiger partial charge in [0.2, 0.25) is 0 Å². The molecule has 1 rings (SSSR count). The summed E-state index contributed by atoms with van der Waals surface area (Å²) in [7, 11) is 0. The molecule has 0 bridgehead atoms. The van der Waals surface area contributed by atoms with Crippen molar-refractivity contribution in [2.45, 2.75) is 11.8 Å². The molecule has 3 heteroatoms. The molecule has 0 heterocycles. The number of hydrogen-bond acceptors (Lipinski definition) is 3. The summed E-state index contributed by atoms with van der Waals surface area (Å²) in [6, 6.07) is 10.3. The van der Waals surface area contributed by atoms with Gasteiger partial charge in [0, 0.05) is 9.80 Å². The number of rotatable bonds is 6. The number of benzene rings is 1. The fraction of sp³-hybridized carbons (Fsp3) is 0.231. The van der Waals surface area contributed by atoms with Gasteiger partial charge in [-0.05, 0) is 36.8 Å². The van der Waals surface area contributed by atoms with Crippen molar-refractivity contribution in [2.75, 3.05) is 12.9 Å². The van der Waals surface area contributed by atoms with Crippen molar-refractivity contribution in [3.05, 3.63) is 53.0 Å². The van der Waals surface area contributed by atoms with Crippen LogP contribution in [0, 0.1) is 0 Å². The molecule has 0 aliphatic rings. The zero-order valence-electron chi connectivity index (χ0n) is 9.55. The molecule has 1 nitrogen and oxygen atoms in total. The van der Waals surface area contributed by atoms with Crippen molar-refractivity contribution in [1.29, 1.82) is 0 Å². The minimum Gasteiger partial charge on any atom is -0.501 e. The Hall–Kier alpha value is -0.800. The van der Waals surface area contributed by atoms with Gasteiger partial charge in [-0.15, -0.1) is 11.8 Å². The van der Waals surface area contributed by atoms with Crippen LogP contribution in [0.1, 0.15) is 6.92 Å². The van der Waals surface area contributed by atoms with Crippen LogP contribution in [0.25, 0.3) is 0 Å². The molecule has 0 saturated carbocycles. The summed E-state index contributed by atoms with van der Waals surface area (Å²) in [6.07, 6.45) is 5.80. The third kappa shape index (κ3) is 5.33. The van der Waals surface area contributed by atoms with Gasteiger partial charge in [0.1, 0.15) is 0 Å². The molecule has 0 aliphatic carbocycles. The molecule has 86 valence electrons. The highest BCUT2D eigenvalue weighted by Crippen LogP contribution is 2.24. The summed E-state index contributed by atoms with van der Waals surface area (Å²) in [5.41, 5.74) is 0. The van der Waals surface area contributed by atoms with E-state index < -0.39 is 0 Å². The van der Waals surface area contributed by atoms with Crippen molar-refractivity contribution < 1.29 is 4.74 Å². The Bertz CT molecular complexity index is 344. The van der Waals surface area contributed by atoms with Crippen molar-refractivity contribution in [3.8, 4) is 0 Å². The van der Waals surface area contributed by atoms with Crippen LogP contribution in [-0.2, 0) is 4.74 Å². The largest absolute Gasteiger partial charge is 0.501 e. The molecule has 0 amide bonds. The summed E-state index contributed by atoms with van der Waals surface area (Å²) in [4.78, 5) is 2.45. The van der Waals surface area contributed by atoms with Gasteiger partial charge < -0.3 is 4.74 Å². The van der Waals surface area contributed by atoms with Crippen LogP contribution in [0.4, 0.5) is 0 Å². The molecule has 0 radical (unpaired) electrons. The van der Waals surface area contributed by atoms with Crippen LogP contribution in [0.5, 0.6) is 0 Å². The SMILES string of the molecule is CCO/C=C/C(=C/Sc1ccccc1)SC. The summed E-state index contributed by atoms with van der Waals surface area (Å²) < 4.78 is 5.17. The zero-order chi connectivity index (χ0) is 11.6. The van der Waals surface area contributed by atoms with Gasteiger partial charge in [0.05, 0.1) is 12.9 Å². The highest BCUT2D eigenvalue weighted by molar-refractivity contribution is 8.06. The Labute approximate surface area is 106 Å². The van der Waals surface area contributed by atoms with Crippen LogP contribution in [0.2, 0.25) is 0 Å². The molecule has 0 saturated heterocycles. The molecular formula is C13H16OS2. The van der Waals surface area contributed by atoms with E-state index in [1.807, 2.05) is 31.2 Å². The van der Waals surface area contributed by atoms with Crippen LogP contribution < -0.4 is 0 Å². The number of ether oxygens (including phenoxy) is 1.